The van der Waals surface area contributed by atoms with Crippen molar-refractivity contribution >= 4 is 17.4 Å². The molecule has 3 N–H and O–H groups in total. The zero-order chi connectivity index (χ0) is 14.0. The molecule has 5 heteroatoms. The van der Waals surface area contributed by atoms with E-state index in [9.17, 15) is 9.18 Å². The van der Waals surface area contributed by atoms with Crippen molar-refractivity contribution in [1.82, 2.24) is 4.98 Å². The fourth-order valence-corrected chi connectivity index (χ4v) is 1.71. The van der Waals surface area contributed by atoms with E-state index in [1.165, 1.54) is 18.3 Å². The van der Waals surface area contributed by atoms with Crippen LogP contribution in [0.25, 0.3) is 0 Å². The second kappa shape index (κ2) is 5.06. The molecule has 0 spiro atoms. The van der Waals surface area contributed by atoms with Crippen LogP contribution in [0.1, 0.15) is 21.5 Å². The molecule has 1 aromatic carbocycles. The topological polar surface area (TPSA) is 68.0 Å². The number of anilines is 2. The first-order chi connectivity index (χ1) is 8.97. The first-order valence-corrected chi connectivity index (χ1v) is 5.77. The Balaban J connectivity index is 2.25. The maximum atomic E-state index is 13.7. The maximum Gasteiger partial charge on any atom is 0.259 e. The Hall–Kier alpha value is -2.43. The van der Waals surface area contributed by atoms with Gasteiger partial charge in [-0.1, -0.05) is 6.07 Å². The molecule has 98 valence electrons. The molecule has 0 aliphatic carbocycles. The number of nitrogens with zero attached hydrogens (tertiary/aromatic N) is 1. The molecule has 0 fully saturated rings. The number of nitrogen functional groups attached to an aromatic ring is 1. The molecule has 1 aromatic heterocycles. The Morgan fingerprint density at radius 3 is 2.68 bits per heavy atom. The van der Waals surface area contributed by atoms with Gasteiger partial charge in [-0.3, -0.25) is 4.79 Å². The summed E-state index contributed by atoms with van der Waals surface area (Å²) in [6.45, 7) is 3.53. The van der Waals surface area contributed by atoms with E-state index < -0.39 is 11.7 Å². The number of rotatable bonds is 2. The fourth-order valence-electron chi connectivity index (χ4n) is 1.71. The quantitative estimate of drug-likeness (QED) is 0.871. The highest BCUT2D eigenvalue weighted by Crippen LogP contribution is 2.16. The number of nitrogens with two attached hydrogens (primary N) is 1. The lowest BCUT2D eigenvalue weighted by Gasteiger charge is -2.08. The Bertz CT molecular complexity index is 641. The van der Waals surface area contributed by atoms with Gasteiger partial charge in [0.1, 0.15) is 11.6 Å². The number of nitrogens with one attached hydrogen (secondary N) is 1. The van der Waals surface area contributed by atoms with Gasteiger partial charge in [0.05, 0.1) is 17.4 Å². The van der Waals surface area contributed by atoms with E-state index in [1.807, 2.05) is 0 Å². The minimum Gasteiger partial charge on any atom is -0.397 e. The molecule has 0 bridgehead atoms. The van der Waals surface area contributed by atoms with Crippen molar-refractivity contribution < 1.29 is 9.18 Å². The standard InChI is InChI=1S/C14H14FN3O/c1-8-3-4-11(12(15)5-8)14(19)18-13-9(2)6-10(16)7-17-13/h3-7H,16H2,1-2H3,(H,17,18,19). The van der Waals surface area contributed by atoms with Gasteiger partial charge in [-0.05, 0) is 43.2 Å². The smallest absolute Gasteiger partial charge is 0.259 e. The molecule has 19 heavy (non-hydrogen) atoms. The van der Waals surface area contributed by atoms with Crippen LogP contribution in [0, 0.1) is 19.7 Å². The average Bonchev–Trinajstić information content (AvgIpc) is 2.32. The predicted octanol–water partition coefficient (Wildman–Crippen LogP) is 2.67. The second-order valence-electron chi connectivity index (χ2n) is 4.37. The van der Waals surface area contributed by atoms with Gasteiger partial charge in [0.25, 0.3) is 5.91 Å². The Morgan fingerprint density at radius 2 is 2.05 bits per heavy atom. The summed E-state index contributed by atoms with van der Waals surface area (Å²) in [7, 11) is 0. The SMILES string of the molecule is Cc1ccc(C(=O)Nc2ncc(N)cc2C)c(F)c1. The molecule has 0 saturated heterocycles. The molecule has 4 nitrogen and oxygen atoms in total. The molecular formula is C14H14FN3O. The van der Waals surface area contributed by atoms with E-state index in [2.05, 4.69) is 10.3 Å². The second-order valence-corrected chi connectivity index (χ2v) is 4.37. The molecule has 0 unspecified atom stereocenters. The number of carbonyl (C=O) groups excluding carboxylic acids is 1. The summed E-state index contributed by atoms with van der Waals surface area (Å²) in [5.41, 5.74) is 7.56. The van der Waals surface area contributed by atoms with Crippen LogP contribution in [0.5, 0.6) is 0 Å². The molecule has 0 radical (unpaired) electrons. The van der Waals surface area contributed by atoms with E-state index in [1.54, 1.807) is 26.0 Å². The molecule has 0 saturated carbocycles. The van der Waals surface area contributed by atoms with Crippen molar-refractivity contribution in [2.45, 2.75) is 13.8 Å². The van der Waals surface area contributed by atoms with Crippen molar-refractivity contribution in [2.24, 2.45) is 0 Å². The fraction of sp³-hybridized carbons (Fsp3) is 0.143. The Labute approximate surface area is 110 Å². The van der Waals surface area contributed by atoms with Crippen LogP contribution in [0.3, 0.4) is 0 Å². The number of carbonyl (C=O) groups is 1. The van der Waals surface area contributed by atoms with Gasteiger partial charge in [-0.25, -0.2) is 9.37 Å². The monoisotopic (exact) mass is 259 g/mol. The number of pyridine rings is 1. The number of hydrogen-bond donors (Lipinski definition) is 2. The number of benzene rings is 1. The van der Waals surface area contributed by atoms with Gasteiger partial charge in [0.15, 0.2) is 0 Å². The normalized spacial score (nSPS) is 10.3. The number of amides is 1. The lowest BCUT2D eigenvalue weighted by Crippen LogP contribution is -2.15. The third kappa shape index (κ3) is 2.88. The van der Waals surface area contributed by atoms with Crippen LogP contribution < -0.4 is 11.1 Å². The van der Waals surface area contributed by atoms with Crippen molar-refractivity contribution in [1.29, 1.82) is 0 Å². The number of aromatic nitrogens is 1. The molecule has 0 atom stereocenters. The summed E-state index contributed by atoms with van der Waals surface area (Å²) in [6, 6.07) is 6.14. The number of hydrogen-bond acceptors (Lipinski definition) is 3. The summed E-state index contributed by atoms with van der Waals surface area (Å²) in [6.07, 6.45) is 1.44. The molecule has 2 rings (SSSR count). The van der Waals surface area contributed by atoms with Crippen LogP contribution in [0.4, 0.5) is 15.9 Å². The van der Waals surface area contributed by atoms with Crippen LogP contribution in [-0.4, -0.2) is 10.9 Å². The van der Waals surface area contributed by atoms with Crippen LogP contribution in [0.2, 0.25) is 0 Å². The molecule has 2 aromatic rings. The summed E-state index contributed by atoms with van der Waals surface area (Å²) in [5, 5.41) is 2.57. The van der Waals surface area contributed by atoms with Gasteiger partial charge < -0.3 is 11.1 Å². The van der Waals surface area contributed by atoms with Crippen molar-refractivity contribution in [3.05, 3.63) is 53.0 Å². The predicted molar refractivity (Wildman–Crippen MR) is 72.5 cm³/mol. The zero-order valence-corrected chi connectivity index (χ0v) is 10.7. The van der Waals surface area contributed by atoms with Gasteiger partial charge in [-0.15, -0.1) is 0 Å². The van der Waals surface area contributed by atoms with Crippen LogP contribution >= 0.6 is 0 Å². The summed E-state index contributed by atoms with van der Waals surface area (Å²) in [4.78, 5) is 16.0. The van der Waals surface area contributed by atoms with Crippen LogP contribution in [0.15, 0.2) is 30.5 Å². The number of halogens is 1. The van der Waals surface area contributed by atoms with Crippen LogP contribution in [-0.2, 0) is 0 Å². The molecule has 0 aliphatic rings. The molecular weight excluding hydrogens is 245 g/mol. The van der Waals surface area contributed by atoms with E-state index in [0.717, 1.165) is 11.1 Å². The maximum absolute atomic E-state index is 13.7. The lowest BCUT2D eigenvalue weighted by molar-refractivity contribution is 0.102. The largest absolute Gasteiger partial charge is 0.397 e. The average molecular weight is 259 g/mol. The van der Waals surface area contributed by atoms with E-state index in [0.29, 0.717) is 11.5 Å². The summed E-state index contributed by atoms with van der Waals surface area (Å²) in [5.74, 6) is -0.706. The zero-order valence-electron chi connectivity index (χ0n) is 10.7. The summed E-state index contributed by atoms with van der Waals surface area (Å²) < 4.78 is 13.7. The van der Waals surface area contributed by atoms with Gasteiger partial charge >= 0.3 is 0 Å². The third-order valence-electron chi connectivity index (χ3n) is 2.70. The van der Waals surface area contributed by atoms with Crippen molar-refractivity contribution in [2.75, 3.05) is 11.1 Å². The highest BCUT2D eigenvalue weighted by Gasteiger charge is 2.13. The van der Waals surface area contributed by atoms with Gasteiger partial charge in [0.2, 0.25) is 0 Å². The molecule has 1 heterocycles. The van der Waals surface area contributed by atoms with E-state index in [-0.39, 0.29) is 5.56 Å². The Morgan fingerprint density at radius 1 is 1.32 bits per heavy atom. The van der Waals surface area contributed by atoms with E-state index >= 15 is 0 Å². The first-order valence-electron chi connectivity index (χ1n) is 5.77. The Kier molecular flexibility index (Phi) is 3.46. The molecule has 0 aliphatic heterocycles. The third-order valence-corrected chi connectivity index (χ3v) is 2.70. The van der Waals surface area contributed by atoms with Crippen molar-refractivity contribution in [3.8, 4) is 0 Å². The highest BCUT2D eigenvalue weighted by atomic mass is 19.1. The minimum absolute atomic E-state index is 0.0105. The first kappa shape index (κ1) is 13.0. The molecule has 1 amide bonds. The lowest BCUT2D eigenvalue weighted by atomic mass is 10.1. The highest BCUT2D eigenvalue weighted by molar-refractivity contribution is 6.04. The number of aryl methyl sites for hydroxylation is 2. The summed E-state index contributed by atoms with van der Waals surface area (Å²) >= 11 is 0. The van der Waals surface area contributed by atoms with Gasteiger partial charge in [0, 0.05) is 0 Å². The van der Waals surface area contributed by atoms with Gasteiger partial charge in [-0.2, -0.15) is 0 Å². The van der Waals surface area contributed by atoms with E-state index in [4.69, 9.17) is 5.73 Å². The van der Waals surface area contributed by atoms with Crippen molar-refractivity contribution in [3.63, 3.8) is 0 Å². The minimum atomic E-state index is -0.550.